The molecule has 1 heterocycles. The number of ether oxygens (including phenoxy) is 1. The van der Waals surface area contributed by atoms with Crippen LogP contribution in [0.25, 0.3) is 0 Å². The van der Waals surface area contributed by atoms with Crippen molar-refractivity contribution in [2.75, 3.05) is 13.7 Å². The standard InChI is InChI=1S/C14H24N2O3/c1-10(2)14(18)12-5-6-16(7-12)8-13(17)15-11(3)9-19-4/h5-7,10-11,14,18H,8-9H2,1-4H3,(H,15,17). The Hall–Kier alpha value is -1.33. The van der Waals surface area contributed by atoms with Gasteiger partial charge in [0.1, 0.15) is 6.54 Å². The first-order valence-electron chi connectivity index (χ1n) is 6.56. The van der Waals surface area contributed by atoms with Crippen molar-refractivity contribution in [2.45, 2.75) is 39.5 Å². The summed E-state index contributed by atoms with van der Waals surface area (Å²) in [6, 6.07) is 1.84. The molecule has 2 atom stereocenters. The van der Waals surface area contributed by atoms with Crippen LogP contribution in [0.4, 0.5) is 0 Å². The fourth-order valence-corrected chi connectivity index (χ4v) is 1.90. The Kier molecular flexibility index (Phi) is 6.05. The monoisotopic (exact) mass is 268 g/mol. The minimum Gasteiger partial charge on any atom is -0.388 e. The molecule has 0 aliphatic heterocycles. The average molecular weight is 268 g/mol. The van der Waals surface area contributed by atoms with Gasteiger partial charge in [-0.25, -0.2) is 0 Å². The van der Waals surface area contributed by atoms with Crippen molar-refractivity contribution >= 4 is 5.91 Å². The van der Waals surface area contributed by atoms with Gasteiger partial charge in [0.25, 0.3) is 0 Å². The first-order chi connectivity index (χ1) is 8.93. The molecule has 1 amide bonds. The number of nitrogens with zero attached hydrogens (tertiary/aromatic N) is 1. The highest BCUT2D eigenvalue weighted by atomic mass is 16.5. The zero-order chi connectivity index (χ0) is 14.4. The topological polar surface area (TPSA) is 63.5 Å². The number of nitrogens with one attached hydrogen (secondary N) is 1. The van der Waals surface area contributed by atoms with E-state index in [9.17, 15) is 9.90 Å². The lowest BCUT2D eigenvalue weighted by molar-refractivity contribution is -0.122. The molecule has 1 aromatic rings. The van der Waals surface area contributed by atoms with Gasteiger partial charge in [-0.1, -0.05) is 13.8 Å². The van der Waals surface area contributed by atoms with Crippen LogP contribution < -0.4 is 5.32 Å². The second kappa shape index (κ2) is 7.31. The van der Waals surface area contributed by atoms with E-state index < -0.39 is 6.10 Å². The normalized spacial score (nSPS) is 14.4. The molecule has 0 bridgehead atoms. The van der Waals surface area contributed by atoms with E-state index >= 15 is 0 Å². The SMILES string of the molecule is COCC(C)NC(=O)Cn1ccc(C(O)C(C)C)c1. The van der Waals surface area contributed by atoms with Crippen molar-refractivity contribution in [3.05, 3.63) is 24.0 Å². The van der Waals surface area contributed by atoms with Gasteiger partial charge in [-0.3, -0.25) is 4.79 Å². The van der Waals surface area contributed by atoms with E-state index in [1.807, 2.05) is 39.2 Å². The lowest BCUT2D eigenvalue weighted by Gasteiger charge is -2.13. The highest BCUT2D eigenvalue weighted by Crippen LogP contribution is 2.21. The number of hydrogen-bond acceptors (Lipinski definition) is 3. The van der Waals surface area contributed by atoms with E-state index in [1.54, 1.807) is 11.7 Å². The third kappa shape index (κ3) is 5.04. The fourth-order valence-electron chi connectivity index (χ4n) is 1.90. The van der Waals surface area contributed by atoms with Crippen molar-refractivity contribution in [1.29, 1.82) is 0 Å². The highest BCUT2D eigenvalue weighted by molar-refractivity contribution is 5.76. The molecule has 0 saturated carbocycles. The van der Waals surface area contributed by atoms with E-state index in [1.165, 1.54) is 0 Å². The van der Waals surface area contributed by atoms with Gasteiger partial charge in [0.05, 0.1) is 12.7 Å². The first-order valence-corrected chi connectivity index (χ1v) is 6.56. The van der Waals surface area contributed by atoms with E-state index in [4.69, 9.17) is 4.74 Å². The van der Waals surface area contributed by atoms with Crippen LogP contribution in [0.2, 0.25) is 0 Å². The van der Waals surface area contributed by atoms with Crippen LogP contribution in [0.15, 0.2) is 18.5 Å². The predicted octanol–water partition coefficient (Wildman–Crippen LogP) is 1.33. The summed E-state index contributed by atoms with van der Waals surface area (Å²) in [5.41, 5.74) is 0.840. The third-order valence-electron chi connectivity index (χ3n) is 2.90. The Bertz CT molecular complexity index is 401. The molecule has 0 aliphatic carbocycles. The summed E-state index contributed by atoms with van der Waals surface area (Å²) in [5.74, 6) is 0.0946. The van der Waals surface area contributed by atoms with E-state index in [0.29, 0.717) is 6.61 Å². The maximum Gasteiger partial charge on any atom is 0.240 e. The zero-order valence-electron chi connectivity index (χ0n) is 12.1. The molecule has 1 aromatic heterocycles. The van der Waals surface area contributed by atoms with Gasteiger partial charge in [-0.05, 0) is 24.5 Å². The van der Waals surface area contributed by atoms with Crippen molar-refractivity contribution < 1.29 is 14.6 Å². The minimum atomic E-state index is -0.489. The molecule has 2 N–H and O–H groups in total. The smallest absolute Gasteiger partial charge is 0.240 e. The summed E-state index contributed by atoms with van der Waals surface area (Å²) in [4.78, 5) is 11.8. The largest absolute Gasteiger partial charge is 0.388 e. The molecule has 0 aliphatic rings. The number of amides is 1. The van der Waals surface area contributed by atoms with Gasteiger partial charge in [0, 0.05) is 25.5 Å². The molecule has 0 spiro atoms. The Morgan fingerprint density at radius 3 is 2.74 bits per heavy atom. The maximum absolute atomic E-state index is 11.8. The van der Waals surface area contributed by atoms with Gasteiger partial charge in [-0.2, -0.15) is 0 Å². The van der Waals surface area contributed by atoms with Crippen LogP contribution in [0.5, 0.6) is 0 Å². The van der Waals surface area contributed by atoms with Crippen LogP contribution in [0.3, 0.4) is 0 Å². The number of rotatable bonds is 7. The number of aliphatic hydroxyl groups is 1. The predicted molar refractivity (Wildman–Crippen MR) is 73.7 cm³/mol. The van der Waals surface area contributed by atoms with Gasteiger partial charge in [0.15, 0.2) is 0 Å². The first kappa shape index (κ1) is 15.7. The number of aliphatic hydroxyl groups excluding tert-OH is 1. The number of carbonyl (C=O) groups is 1. The Balaban J connectivity index is 2.51. The molecule has 0 saturated heterocycles. The number of methoxy groups -OCH3 is 1. The summed E-state index contributed by atoms with van der Waals surface area (Å²) in [5, 5.41) is 12.8. The zero-order valence-corrected chi connectivity index (χ0v) is 12.1. The summed E-state index contributed by atoms with van der Waals surface area (Å²) < 4.78 is 6.74. The second-order valence-electron chi connectivity index (χ2n) is 5.23. The number of aromatic nitrogens is 1. The quantitative estimate of drug-likeness (QED) is 0.784. The third-order valence-corrected chi connectivity index (χ3v) is 2.90. The van der Waals surface area contributed by atoms with E-state index in [-0.39, 0.29) is 24.4 Å². The molecule has 108 valence electrons. The van der Waals surface area contributed by atoms with Gasteiger partial charge >= 0.3 is 0 Å². The molecule has 19 heavy (non-hydrogen) atoms. The van der Waals surface area contributed by atoms with Gasteiger partial charge < -0.3 is 19.7 Å². The molecule has 5 heteroatoms. The average Bonchev–Trinajstić information content (AvgIpc) is 2.76. The van der Waals surface area contributed by atoms with Crippen LogP contribution in [0.1, 0.15) is 32.4 Å². The highest BCUT2D eigenvalue weighted by Gasteiger charge is 2.14. The van der Waals surface area contributed by atoms with Crippen molar-refractivity contribution in [3.63, 3.8) is 0 Å². The second-order valence-corrected chi connectivity index (χ2v) is 5.23. The van der Waals surface area contributed by atoms with E-state index in [2.05, 4.69) is 5.32 Å². The molecular weight excluding hydrogens is 244 g/mol. The van der Waals surface area contributed by atoms with Crippen molar-refractivity contribution in [3.8, 4) is 0 Å². The molecular formula is C14H24N2O3. The molecule has 5 nitrogen and oxygen atoms in total. The van der Waals surface area contributed by atoms with E-state index in [0.717, 1.165) is 5.56 Å². The molecule has 1 rings (SSSR count). The number of carbonyl (C=O) groups excluding carboxylic acids is 1. The fraction of sp³-hybridized carbons (Fsp3) is 0.643. The Morgan fingerprint density at radius 2 is 2.16 bits per heavy atom. The summed E-state index contributed by atoms with van der Waals surface area (Å²) in [6.07, 6.45) is 3.13. The Labute approximate surface area is 114 Å². The lowest BCUT2D eigenvalue weighted by Crippen LogP contribution is -2.37. The summed E-state index contributed by atoms with van der Waals surface area (Å²) >= 11 is 0. The molecule has 2 unspecified atom stereocenters. The van der Waals surface area contributed by atoms with Crippen molar-refractivity contribution in [2.24, 2.45) is 5.92 Å². The van der Waals surface area contributed by atoms with Gasteiger partial charge in [0.2, 0.25) is 5.91 Å². The summed E-state index contributed by atoms with van der Waals surface area (Å²) in [6.45, 7) is 6.56. The lowest BCUT2D eigenvalue weighted by atomic mass is 10.0. The molecule has 0 aromatic carbocycles. The number of hydrogen-bond donors (Lipinski definition) is 2. The van der Waals surface area contributed by atoms with Crippen molar-refractivity contribution in [1.82, 2.24) is 9.88 Å². The van der Waals surface area contributed by atoms with Gasteiger partial charge in [-0.15, -0.1) is 0 Å². The maximum atomic E-state index is 11.8. The minimum absolute atomic E-state index is 0.00575. The van der Waals surface area contributed by atoms with Crippen LogP contribution >= 0.6 is 0 Å². The van der Waals surface area contributed by atoms with Crippen LogP contribution in [-0.2, 0) is 16.1 Å². The summed E-state index contributed by atoms with van der Waals surface area (Å²) in [7, 11) is 1.61. The van der Waals surface area contributed by atoms with Crippen LogP contribution in [0, 0.1) is 5.92 Å². The molecule has 0 radical (unpaired) electrons. The Morgan fingerprint density at radius 1 is 1.47 bits per heavy atom. The van der Waals surface area contributed by atoms with Crippen LogP contribution in [-0.4, -0.2) is 35.3 Å². The molecule has 0 fully saturated rings.